The van der Waals surface area contributed by atoms with Gasteiger partial charge in [-0.1, -0.05) is 54.6 Å². The number of benzene rings is 2. The van der Waals surface area contributed by atoms with E-state index in [0.29, 0.717) is 0 Å². The third-order valence-corrected chi connectivity index (χ3v) is 4.57. The van der Waals surface area contributed by atoms with Crippen molar-refractivity contribution in [2.75, 3.05) is 0 Å². The van der Waals surface area contributed by atoms with Crippen molar-refractivity contribution in [3.05, 3.63) is 70.4 Å². The van der Waals surface area contributed by atoms with Gasteiger partial charge in [0.05, 0.1) is 6.42 Å². The molecule has 1 atom stereocenters. The minimum absolute atomic E-state index is 0.0846. The lowest BCUT2D eigenvalue weighted by molar-refractivity contribution is -0.137. The number of hydrogen-bond donors (Lipinski definition) is 1. The highest BCUT2D eigenvalue weighted by Gasteiger charge is 2.21. The van der Waals surface area contributed by atoms with E-state index in [1.54, 1.807) is 11.3 Å². The Balaban J connectivity index is 2.12. The molecule has 3 aromatic rings. The molecule has 0 fully saturated rings. The Bertz CT molecular complexity index is 731. The van der Waals surface area contributed by atoms with Crippen LogP contribution in [-0.2, 0) is 4.79 Å². The number of aliphatic carboxylic acids is 1. The summed E-state index contributed by atoms with van der Waals surface area (Å²) in [5.41, 5.74) is 1.06. The van der Waals surface area contributed by atoms with Gasteiger partial charge in [-0.2, -0.15) is 0 Å². The fourth-order valence-electron chi connectivity index (χ4n) is 2.51. The molecule has 3 rings (SSSR count). The molecule has 1 aromatic heterocycles. The van der Waals surface area contributed by atoms with Crippen LogP contribution in [0.25, 0.3) is 10.8 Å². The van der Waals surface area contributed by atoms with E-state index in [1.807, 2.05) is 42.5 Å². The maximum atomic E-state index is 11.2. The molecule has 0 bridgehead atoms. The summed E-state index contributed by atoms with van der Waals surface area (Å²) in [5.74, 6) is -0.852. The molecule has 3 heteroatoms. The second-order valence-corrected chi connectivity index (χ2v) is 5.66. The standard InChI is InChI=1S/C17H14O2S/c18-16(19)10-15(12-6-2-1-3-7-12)17-14-9-5-4-8-13(14)11-20-17/h1-9,11,15H,10H2,(H,18,19). The highest BCUT2D eigenvalue weighted by Crippen LogP contribution is 2.37. The van der Waals surface area contributed by atoms with Crippen molar-refractivity contribution in [2.24, 2.45) is 0 Å². The summed E-state index contributed by atoms with van der Waals surface area (Å²) in [6.45, 7) is 0. The van der Waals surface area contributed by atoms with Crippen LogP contribution in [0.15, 0.2) is 60.0 Å². The first-order chi connectivity index (χ1) is 9.75. The van der Waals surface area contributed by atoms with Gasteiger partial charge in [-0.25, -0.2) is 0 Å². The Morgan fingerprint density at radius 1 is 1.05 bits per heavy atom. The number of carboxylic acids is 1. The molecular weight excluding hydrogens is 268 g/mol. The Morgan fingerprint density at radius 3 is 2.50 bits per heavy atom. The van der Waals surface area contributed by atoms with Crippen molar-refractivity contribution in [1.82, 2.24) is 0 Å². The molecule has 0 aliphatic heterocycles. The molecule has 1 heterocycles. The molecule has 0 aliphatic carbocycles. The van der Waals surface area contributed by atoms with Crippen LogP contribution in [0.1, 0.15) is 22.8 Å². The first kappa shape index (κ1) is 12.9. The predicted octanol–water partition coefficient (Wildman–Crippen LogP) is 4.51. The Hall–Kier alpha value is -2.13. The molecular formula is C17H14O2S. The first-order valence-electron chi connectivity index (χ1n) is 6.48. The van der Waals surface area contributed by atoms with Crippen LogP contribution in [0.5, 0.6) is 0 Å². The van der Waals surface area contributed by atoms with Gasteiger partial charge >= 0.3 is 5.97 Å². The monoisotopic (exact) mass is 282 g/mol. The molecule has 2 aromatic carbocycles. The molecule has 1 unspecified atom stereocenters. The molecule has 0 amide bonds. The van der Waals surface area contributed by atoms with Gasteiger partial charge < -0.3 is 5.11 Å². The van der Waals surface area contributed by atoms with Crippen molar-refractivity contribution < 1.29 is 9.90 Å². The zero-order valence-electron chi connectivity index (χ0n) is 10.8. The summed E-state index contributed by atoms with van der Waals surface area (Å²) < 4.78 is 0. The topological polar surface area (TPSA) is 37.3 Å². The van der Waals surface area contributed by atoms with Crippen molar-refractivity contribution in [3.8, 4) is 0 Å². The minimum Gasteiger partial charge on any atom is -0.481 e. The Kier molecular flexibility index (Phi) is 3.52. The van der Waals surface area contributed by atoms with Crippen molar-refractivity contribution >= 4 is 28.1 Å². The normalized spacial score (nSPS) is 12.4. The Morgan fingerprint density at radius 2 is 1.75 bits per heavy atom. The van der Waals surface area contributed by atoms with Gasteiger partial charge in [-0.3, -0.25) is 4.79 Å². The fraction of sp³-hybridized carbons (Fsp3) is 0.118. The van der Waals surface area contributed by atoms with Crippen LogP contribution in [-0.4, -0.2) is 11.1 Å². The maximum Gasteiger partial charge on any atom is 0.304 e. The van der Waals surface area contributed by atoms with Crippen LogP contribution in [0.4, 0.5) is 0 Å². The summed E-state index contributed by atoms with van der Waals surface area (Å²) in [5, 5.41) is 13.7. The molecule has 0 saturated heterocycles. The summed E-state index contributed by atoms with van der Waals surface area (Å²) in [4.78, 5) is 12.4. The van der Waals surface area contributed by atoms with Gasteiger partial charge in [0.25, 0.3) is 0 Å². The van der Waals surface area contributed by atoms with Crippen LogP contribution < -0.4 is 0 Å². The molecule has 20 heavy (non-hydrogen) atoms. The van der Waals surface area contributed by atoms with Gasteiger partial charge in [-0.05, 0) is 21.7 Å². The number of carboxylic acid groups (broad SMARTS) is 1. The van der Waals surface area contributed by atoms with E-state index in [1.165, 1.54) is 5.39 Å². The maximum absolute atomic E-state index is 11.2. The lowest BCUT2D eigenvalue weighted by Crippen LogP contribution is -2.06. The highest BCUT2D eigenvalue weighted by molar-refractivity contribution is 7.11. The van der Waals surface area contributed by atoms with E-state index in [4.69, 9.17) is 0 Å². The average Bonchev–Trinajstić information content (AvgIpc) is 2.89. The van der Waals surface area contributed by atoms with Crippen molar-refractivity contribution in [1.29, 1.82) is 0 Å². The van der Waals surface area contributed by atoms with E-state index in [0.717, 1.165) is 15.8 Å². The van der Waals surface area contributed by atoms with E-state index in [9.17, 15) is 9.90 Å². The second kappa shape index (κ2) is 5.47. The summed E-state index contributed by atoms with van der Waals surface area (Å²) in [6.07, 6.45) is 0.120. The smallest absolute Gasteiger partial charge is 0.304 e. The van der Waals surface area contributed by atoms with Crippen molar-refractivity contribution in [3.63, 3.8) is 0 Å². The number of rotatable bonds is 4. The van der Waals surface area contributed by atoms with Gasteiger partial charge in [0.15, 0.2) is 0 Å². The second-order valence-electron chi connectivity index (χ2n) is 4.75. The third kappa shape index (κ3) is 2.45. The zero-order chi connectivity index (χ0) is 13.9. The number of hydrogen-bond acceptors (Lipinski definition) is 2. The first-order valence-corrected chi connectivity index (χ1v) is 7.36. The SMILES string of the molecule is O=C(O)CC(c1ccccc1)c1scc2ccccc12. The Labute approximate surface area is 121 Å². The third-order valence-electron chi connectivity index (χ3n) is 3.44. The van der Waals surface area contributed by atoms with Crippen LogP contribution >= 0.6 is 11.3 Å². The lowest BCUT2D eigenvalue weighted by atomic mass is 9.92. The summed E-state index contributed by atoms with van der Waals surface area (Å²) in [7, 11) is 0. The largest absolute Gasteiger partial charge is 0.481 e. The zero-order valence-corrected chi connectivity index (χ0v) is 11.6. The quantitative estimate of drug-likeness (QED) is 0.764. The minimum atomic E-state index is -0.767. The van der Waals surface area contributed by atoms with E-state index < -0.39 is 5.97 Å². The summed E-state index contributed by atoms with van der Waals surface area (Å²) in [6, 6.07) is 18.0. The van der Waals surface area contributed by atoms with Crippen LogP contribution in [0, 0.1) is 0 Å². The van der Waals surface area contributed by atoms with Crippen LogP contribution in [0.2, 0.25) is 0 Å². The van der Waals surface area contributed by atoms with Gasteiger partial charge in [0, 0.05) is 10.8 Å². The van der Waals surface area contributed by atoms with E-state index in [-0.39, 0.29) is 12.3 Å². The molecule has 1 N–H and O–H groups in total. The number of thiophene rings is 1. The average molecular weight is 282 g/mol. The highest BCUT2D eigenvalue weighted by atomic mass is 32.1. The fourth-order valence-corrected chi connectivity index (χ4v) is 3.66. The van der Waals surface area contributed by atoms with Gasteiger partial charge in [-0.15, -0.1) is 11.3 Å². The van der Waals surface area contributed by atoms with Crippen molar-refractivity contribution in [2.45, 2.75) is 12.3 Å². The number of carbonyl (C=O) groups is 1. The lowest BCUT2D eigenvalue weighted by Gasteiger charge is -2.14. The summed E-state index contributed by atoms with van der Waals surface area (Å²) >= 11 is 1.64. The molecule has 2 nitrogen and oxygen atoms in total. The molecule has 0 spiro atoms. The number of fused-ring (bicyclic) bond motifs is 1. The van der Waals surface area contributed by atoms with Crippen LogP contribution in [0.3, 0.4) is 0 Å². The van der Waals surface area contributed by atoms with Gasteiger partial charge in [0.1, 0.15) is 0 Å². The molecule has 100 valence electrons. The predicted molar refractivity (Wildman–Crippen MR) is 82.4 cm³/mol. The molecule has 0 aliphatic rings. The molecule has 0 saturated carbocycles. The van der Waals surface area contributed by atoms with Gasteiger partial charge in [0.2, 0.25) is 0 Å². The molecule has 0 radical (unpaired) electrons. The van der Waals surface area contributed by atoms with E-state index in [2.05, 4.69) is 17.5 Å². The van der Waals surface area contributed by atoms with E-state index >= 15 is 0 Å².